The van der Waals surface area contributed by atoms with Crippen LogP contribution in [0.15, 0.2) is 36.5 Å². The van der Waals surface area contributed by atoms with Crippen LogP contribution < -0.4 is 10.2 Å². The second kappa shape index (κ2) is 7.38. The Morgan fingerprint density at radius 3 is 2.92 bits per heavy atom. The van der Waals surface area contributed by atoms with Crippen LogP contribution in [0.4, 0.5) is 16.2 Å². The number of carbonyl (C=O) groups is 2. The van der Waals surface area contributed by atoms with Crippen LogP contribution in [0.5, 0.6) is 0 Å². The van der Waals surface area contributed by atoms with Gasteiger partial charge >= 0.3 is 6.03 Å². The quantitative estimate of drug-likeness (QED) is 0.901. The van der Waals surface area contributed by atoms with Crippen molar-refractivity contribution >= 4 is 23.3 Å². The molecule has 1 atom stereocenters. The molecular weight excluding hydrogens is 318 g/mol. The SMILES string of the molecule is CC(=O)N(C)c1cccc(NC(=O)N2CCC[C@@H](c3ccn[nH]3)C2)c1. The smallest absolute Gasteiger partial charge is 0.321 e. The second-order valence-electron chi connectivity index (χ2n) is 6.36. The molecule has 1 aromatic carbocycles. The molecule has 3 amide bonds. The first-order chi connectivity index (χ1) is 12.0. The Bertz CT molecular complexity index is 744. The fourth-order valence-corrected chi connectivity index (χ4v) is 3.09. The highest BCUT2D eigenvalue weighted by Crippen LogP contribution is 2.26. The van der Waals surface area contributed by atoms with E-state index in [0.717, 1.165) is 30.8 Å². The van der Waals surface area contributed by atoms with Crippen LogP contribution in [0.25, 0.3) is 0 Å². The number of urea groups is 1. The average molecular weight is 341 g/mol. The van der Waals surface area contributed by atoms with Gasteiger partial charge in [0, 0.05) is 56.2 Å². The van der Waals surface area contributed by atoms with Crippen LogP contribution in [-0.4, -0.2) is 47.2 Å². The number of likely N-dealkylation sites (tertiary alicyclic amines) is 1. The van der Waals surface area contributed by atoms with E-state index in [1.165, 1.54) is 6.92 Å². The number of aromatic nitrogens is 2. The molecule has 0 unspecified atom stereocenters. The van der Waals surface area contributed by atoms with Gasteiger partial charge in [0.2, 0.25) is 5.91 Å². The third-order valence-corrected chi connectivity index (χ3v) is 4.63. The average Bonchev–Trinajstić information content (AvgIpc) is 3.16. The zero-order valence-corrected chi connectivity index (χ0v) is 14.5. The molecule has 0 bridgehead atoms. The van der Waals surface area contributed by atoms with Gasteiger partial charge in [-0.3, -0.25) is 9.89 Å². The van der Waals surface area contributed by atoms with Crippen molar-refractivity contribution in [1.82, 2.24) is 15.1 Å². The molecule has 2 heterocycles. The summed E-state index contributed by atoms with van der Waals surface area (Å²) in [7, 11) is 1.71. The molecule has 7 heteroatoms. The van der Waals surface area contributed by atoms with Gasteiger partial charge in [0.1, 0.15) is 0 Å². The summed E-state index contributed by atoms with van der Waals surface area (Å²) in [6, 6.07) is 9.14. The van der Waals surface area contributed by atoms with Gasteiger partial charge in [-0.1, -0.05) is 6.07 Å². The van der Waals surface area contributed by atoms with Gasteiger partial charge in [0.15, 0.2) is 0 Å². The molecule has 132 valence electrons. The number of hydrogen-bond acceptors (Lipinski definition) is 3. The van der Waals surface area contributed by atoms with Gasteiger partial charge in [-0.2, -0.15) is 5.10 Å². The zero-order chi connectivity index (χ0) is 17.8. The number of H-pyrrole nitrogens is 1. The first kappa shape index (κ1) is 17.0. The van der Waals surface area contributed by atoms with Crippen molar-refractivity contribution in [2.75, 3.05) is 30.4 Å². The maximum absolute atomic E-state index is 12.6. The highest BCUT2D eigenvalue weighted by molar-refractivity contribution is 5.93. The number of benzene rings is 1. The van der Waals surface area contributed by atoms with Crippen molar-refractivity contribution in [3.05, 3.63) is 42.2 Å². The molecule has 7 nitrogen and oxygen atoms in total. The Kier molecular flexibility index (Phi) is 5.02. The third-order valence-electron chi connectivity index (χ3n) is 4.63. The summed E-state index contributed by atoms with van der Waals surface area (Å²) >= 11 is 0. The lowest BCUT2D eigenvalue weighted by molar-refractivity contribution is -0.116. The van der Waals surface area contributed by atoms with Crippen LogP contribution in [0.1, 0.15) is 31.4 Å². The normalized spacial score (nSPS) is 17.2. The molecule has 2 N–H and O–H groups in total. The van der Waals surface area contributed by atoms with E-state index in [9.17, 15) is 9.59 Å². The number of hydrogen-bond donors (Lipinski definition) is 2. The van der Waals surface area contributed by atoms with Crippen LogP contribution in [-0.2, 0) is 4.79 Å². The van der Waals surface area contributed by atoms with E-state index in [0.29, 0.717) is 12.2 Å². The summed E-state index contributed by atoms with van der Waals surface area (Å²) in [6.45, 7) is 2.92. The first-order valence-corrected chi connectivity index (χ1v) is 8.44. The minimum atomic E-state index is -0.119. The van der Waals surface area contributed by atoms with Crippen molar-refractivity contribution in [3.63, 3.8) is 0 Å². The molecule has 0 spiro atoms. The van der Waals surface area contributed by atoms with E-state index < -0.39 is 0 Å². The van der Waals surface area contributed by atoms with Crippen LogP contribution in [0.2, 0.25) is 0 Å². The lowest BCUT2D eigenvalue weighted by atomic mass is 9.95. The van der Waals surface area contributed by atoms with E-state index >= 15 is 0 Å². The van der Waals surface area contributed by atoms with Crippen molar-refractivity contribution in [1.29, 1.82) is 0 Å². The highest BCUT2D eigenvalue weighted by atomic mass is 16.2. The fourth-order valence-electron chi connectivity index (χ4n) is 3.09. The predicted octanol–water partition coefficient (Wildman–Crippen LogP) is 2.80. The summed E-state index contributed by atoms with van der Waals surface area (Å²) in [5, 5.41) is 9.93. The van der Waals surface area contributed by atoms with Crippen LogP contribution in [0.3, 0.4) is 0 Å². The minimum absolute atomic E-state index is 0.0538. The molecule has 25 heavy (non-hydrogen) atoms. The third kappa shape index (κ3) is 3.99. The highest BCUT2D eigenvalue weighted by Gasteiger charge is 2.25. The van der Waals surface area contributed by atoms with E-state index in [1.807, 2.05) is 29.2 Å². The molecular formula is C18H23N5O2. The van der Waals surface area contributed by atoms with E-state index in [4.69, 9.17) is 0 Å². The number of nitrogens with one attached hydrogen (secondary N) is 2. The summed E-state index contributed by atoms with van der Waals surface area (Å²) in [5.41, 5.74) is 2.50. The number of aromatic amines is 1. The molecule has 2 aromatic rings. The number of rotatable bonds is 3. The van der Waals surface area contributed by atoms with Gasteiger partial charge in [-0.15, -0.1) is 0 Å². The van der Waals surface area contributed by atoms with Crippen molar-refractivity contribution in [2.45, 2.75) is 25.7 Å². The number of amides is 3. The van der Waals surface area contributed by atoms with E-state index in [-0.39, 0.29) is 17.9 Å². The van der Waals surface area contributed by atoms with Crippen molar-refractivity contribution in [2.24, 2.45) is 0 Å². The van der Waals surface area contributed by atoms with E-state index in [2.05, 4.69) is 15.5 Å². The fraction of sp³-hybridized carbons (Fsp3) is 0.389. The molecule has 3 rings (SSSR count). The van der Waals surface area contributed by atoms with Crippen LogP contribution >= 0.6 is 0 Å². The van der Waals surface area contributed by atoms with Crippen LogP contribution in [0, 0.1) is 0 Å². The second-order valence-corrected chi connectivity index (χ2v) is 6.36. The van der Waals surface area contributed by atoms with Gasteiger partial charge in [0.25, 0.3) is 0 Å². The number of carbonyl (C=O) groups excluding carboxylic acids is 2. The molecule has 0 radical (unpaired) electrons. The Hall–Kier alpha value is -2.83. The maximum atomic E-state index is 12.6. The molecule has 1 aromatic heterocycles. The molecule has 1 aliphatic rings. The Balaban J connectivity index is 1.66. The summed E-state index contributed by atoms with van der Waals surface area (Å²) in [5.74, 6) is 0.235. The molecule has 1 aliphatic heterocycles. The zero-order valence-electron chi connectivity index (χ0n) is 14.5. The van der Waals surface area contributed by atoms with Crippen molar-refractivity contribution < 1.29 is 9.59 Å². The van der Waals surface area contributed by atoms with E-state index in [1.54, 1.807) is 24.2 Å². The largest absolute Gasteiger partial charge is 0.324 e. The topological polar surface area (TPSA) is 81.3 Å². The summed E-state index contributed by atoms with van der Waals surface area (Å²) < 4.78 is 0. The minimum Gasteiger partial charge on any atom is -0.324 e. The summed E-state index contributed by atoms with van der Waals surface area (Å²) in [6.07, 6.45) is 3.75. The lowest BCUT2D eigenvalue weighted by Crippen LogP contribution is -2.41. The van der Waals surface area contributed by atoms with Gasteiger partial charge < -0.3 is 15.1 Å². The molecule has 0 saturated carbocycles. The first-order valence-electron chi connectivity index (χ1n) is 8.44. The Labute approximate surface area is 147 Å². The molecule has 1 fully saturated rings. The maximum Gasteiger partial charge on any atom is 0.321 e. The molecule has 1 saturated heterocycles. The monoisotopic (exact) mass is 341 g/mol. The Morgan fingerprint density at radius 1 is 1.36 bits per heavy atom. The van der Waals surface area contributed by atoms with Gasteiger partial charge in [-0.05, 0) is 37.1 Å². The van der Waals surface area contributed by atoms with Crippen molar-refractivity contribution in [3.8, 4) is 0 Å². The Morgan fingerprint density at radius 2 is 2.20 bits per heavy atom. The van der Waals surface area contributed by atoms with Gasteiger partial charge in [0.05, 0.1) is 0 Å². The lowest BCUT2D eigenvalue weighted by Gasteiger charge is -2.32. The van der Waals surface area contributed by atoms with Gasteiger partial charge in [-0.25, -0.2) is 4.79 Å². The standard InChI is InChI=1S/C18H23N5O2/c1-13(24)22(2)16-7-3-6-15(11-16)20-18(25)23-10-4-5-14(12-23)17-8-9-19-21-17/h3,6-9,11,14H,4-5,10,12H2,1-2H3,(H,19,21)(H,20,25)/t14-/m1/s1. The number of nitrogens with zero attached hydrogens (tertiary/aromatic N) is 3. The number of piperidine rings is 1. The molecule has 0 aliphatic carbocycles. The summed E-state index contributed by atoms with van der Waals surface area (Å²) in [4.78, 5) is 27.5. The predicted molar refractivity (Wildman–Crippen MR) is 96.7 cm³/mol. The number of anilines is 2.